The second-order valence-corrected chi connectivity index (χ2v) is 5.92. The predicted molar refractivity (Wildman–Crippen MR) is 92.2 cm³/mol. The van der Waals surface area contributed by atoms with Crippen molar-refractivity contribution in [3.8, 4) is 5.75 Å². The zero-order chi connectivity index (χ0) is 17.3. The third kappa shape index (κ3) is 3.01. The van der Waals surface area contributed by atoms with Crippen molar-refractivity contribution in [3.05, 3.63) is 65.2 Å². The van der Waals surface area contributed by atoms with Crippen molar-refractivity contribution in [1.29, 1.82) is 5.41 Å². The number of para-hydroxylation sites is 1. The van der Waals surface area contributed by atoms with Crippen LogP contribution >= 0.6 is 0 Å². The molecule has 5 nitrogen and oxygen atoms in total. The first kappa shape index (κ1) is 15.8. The molecule has 24 heavy (non-hydrogen) atoms. The summed E-state index contributed by atoms with van der Waals surface area (Å²) in [5.74, 6) is -0.125. The molecule has 0 spiro atoms. The number of carbonyl (C=O) groups is 1. The number of benzene rings is 2. The Morgan fingerprint density at radius 1 is 1.17 bits per heavy atom. The maximum atomic E-state index is 12.5. The fourth-order valence-electron chi connectivity index (χ4n) is 2.49. The number of nitrogens with one attached hydrogen (secondary N) is 2. The van der Waals surface area contributed by atoms with Crippen molar-refractivity contribution in [2.24, 2.45) is 0 Å². The van der Waals surface area contributed by atoms with Crippen molar-refractivity contribution >= 4 is 22.6 Å². The summed E-state index contributed by atoms with van der Waals surface area (Å²) in [6.45, 7) is 4.16. The Morgan fingerprint density at radius 3 is 2.67 bits per heavy atom. The van der Waals surface area contributed by atoms with Crippen molar-refractivity contribution < 1.29 is 14.3 Å². The zero-order valence-corrected chi connectivity index (χ0v) is 13.5. The second-order valence-electron chi connectivity index (χ2n) is 5.92. The van der Waals surface area contributed by atoms with E-state index in [1.54, 1.807) is 24.3 Å². The van der Waals surface area contributed by atoms with E-state index in [0.29, 0.717) is 17.0 Å². The number of rotatable bonds is 3. The molecule has 0 unspecified atom stereocenters. The van der Waals surface area contributed by atoms with E-state index < -0.39 is 5.91 Å². The maximum Gasteiger partial charge on any atom is 0.261 e. The molecule has 2 aromatic carbocycles. The minimum absolute atomic E-state index is 0.0578. The molecule has 122 valence electrons. The van der Waals surface area contributed by atoms with Crippen LogP contribution in [0.15, 0.2) is 52.9 Å². The van der Waals surface area contributed by atoms with Gasteiger partial charge in [-0.25, -0.2) is 0 Å². The highest BCUT2D eigenvalue weighted by Crippen LogP contribution is 2.24. The summed E-state index contributed by atoms with van der Waals surface area (Å²) >= 11 is 0. The number of phenolic OH excluding ortho intramolecular Hbond substituents is 1. The van der Waals surface area contributed by atoms with E-state index in [4.69, 9.17) is 9.83 Å². The minimum Gasteiger partial charge on any atom is -0.504 e. The minimum atomic E-state index is -0.421. The van der Waals surface area contributed by atoms with Gasteiger partial charge in [-0.2, -0.15) is 0 Å². The number of aromatic hydroxyl groups is 1. The molecule has 0 aliphatic rings. The molecular weight excluding hydrogens is 304 g/mol. The van der Waals surface area contributed by atoms with Crippen LogP contribution in [0.5, 0.6) is 5.75 Å². The van der Waals surface area contributed by atoms with Gasteiger partial charge < -0.3 is 14.8 Å². The molecule has 0 fully saturated rings. The van der Waals surface area contributed by atoms with Gasteiger partial charge in [0.15, 0.2) is 11.3 Å². The normalized spacial score (nSPS) is 11.0. The number of anilines is 1. The summed E-state index contributed by atoms with van der Waals surface area (Å²) in [5.41, 5.74) is 1.80. The molecule has 0 saturated carbocycles. The van der Waals surface area contributed by atoms with E-state index >= 15 is 0 Å². The molecule has 3 rings (SSSR count). The van der Waals surface area contributed by atoms with Crippen molar-refractivity contribution in [2.75, 3.05) is 5.32 Å². The summed E-state index contributed by atoms with van der Waals surface area (Å²) in [6.07, 6.45) is 0. The third-order valence-electron chi connectivity index (χ3n) is 3.83. The van der Waals surface area contributed by atoms with Gasteiger partial charge in [0.25, 0.3) is 5.91 Å². The Morgan fingerprint density at radius 2 is 1.92 bits per heavy atom. The van der Waals surface area contributed by atoms with E-state index in [1.165, 1.54) is 6.07 Å². The van der Waals surface area contributed by atoms with Crippen LogP contribution in [0.1, 0.15) is 35.7 Å². The molecule has 3 N–H and O–H groups in total. The first-order valence-corrected chi connectivity index (χ1v) is 7.67. The molecule has 1 heterocycles. The molecule has 0 aliphatic heterocycles. The quantitative estimate of drug-likeness (QED) is 0.681. The van der Waals surface area contributed by atoms with Gasteiger partial charge >= 0.3 is 0 Å². The van der Waals surface area contributed by atoms with Crippen LogP contribution in [-0.4, -0.2) is 11.0 Å². The van der Waals surface area contributed by atoms with E-state index in [-0.39, 0.29) is 22.5 Å². The molecule has 0 radical (unpaired) electrons. The Hall–Kier alpha value is -3.08. The SMILES string of the molecule is CC(C)c1cccc(NC(=O)c2cc3cccc(O)c3oc2=N)c1. The van der Waals surface area contributed by atoms with E-state index in [0.717, 1.165) is 5.56 Å². The average molecular weight is 322 g/mol. The van der Waals surface area contributed by atoms with Gasteiger partial charge in [0.05, 0.1) is 0 Å². The topological polar surface area (TPSA) is 86.3 Å². The Balaban J connectivity index is 1.96. The van der Waals surface area contributed by atoms with Gasteiger partial charge in [-0.3, -0.25) is 10.2 Å². The monoisotopic (exact) mass is 322 g/mol. The summed E-state index contributed by atoms with van der Waals surface area (Å²) in [4.78, 5) is 12.5. The highest BCUT2D eigenvalue weighted by Gasteiger charge is 2.13. The van der Waals surface area contributed by atoms with Crippen LogP contribution in [0.4, 0.5) is 5.69 Å². The molecule has 0 bridgehead atoms. The van der Waals surface area contributed by atoms with Gasteiger partial charge in [0.1, 0.15) is 5.56 Å². The lowest BCUT2D eigenvalue weighted by Gasteiger charge is -2.10. The first-order valence-electron chi connectivity index (χ1n) is 7.67. The van der Waals surface area contributed by atoms with E-state index in [9.17, 15) is 9.90 Å². The number of carbonyl (C=O) groups excluding carboxylic acids is 1. The van der Waals surface area contributed by atoms with Crippen molar-refractivity contribution in [2.45, 2.75) is 19.8 Å². The van der Waals surface area contributed by atoms with Crippen LogP contribution in [0.3, 0.4) is 0 Å². The lowest BCUT2D eigenvalue weighted by atomic mass is 10.0. The lowest BCUT2D eigenvalue weighted by Crippen LogP contribution is -2.20. The second kappa shape index (κ2) is 6.20. The molecule has 0 saturated heterocycles. The molecule has 0 aliphatic carbocycles. The highest BCUT2D eigenvalue weighted by atomic mass is 16.4. The smallest absolute Gasteiger partial charge is 0.261 e. The van der Waals surface area contributed by atoms with Crippen molar-refractivity contribution in [3.63, 3.8) is 0 Å². The number of hydrogen-bond donors (Lipinski definition) is 3. The molecule has 1 aromatic heterocycles. The molecule has 3 aromatic rings. The fraction of sp³-hybridized carbons (Fsp3) is 0.158. The van der Waals surface area contributed by atoms with Gasteiger partial charge in [-0.15, -0.1) is 0 Å². The van der Waals surface area contributed by atoms with Gasteiger partial charge in [-0.05, 0) is 35.7 Å². The van der Waals surface area contributed by atoms with Gasteiger partial charge in [-0.1, -0.05) is 38.1 Å². The summed E-state index contributed by atoms with van der Waals surface area (Å²) < 4.78 is 5.30. The van der Waals surface area contributed by atoms with Crippen LogP contribution in [0.25, 0.3) is 11.0 Å². The largest absolute Gasteiger partial charge is 0.504 e. The number of fused-ring (bicyclic) bond motifs is 1. The van der Waals surface area contributed by atoms with Crippen LogP contribution < -0.4 is 10.9 Å². The first-order chi connectivity index (χ1) is 11.5. The van der Waals surface area contributed by atoms with E-state index in [1.807, 2.05) is 18.2 Å². The van der Waals surface area contributed by atoms with Crippen LogP contribution in [-0.2, 0) is 0 Å². The van der Waals surface area contributed by atoms with Gasteiger partial charge in [0.2, 0.25) is 5.55 Å². The lowest BCUT2D eigenvalue weighted by molar-refractivity contribution is 0.102. The fourth-order valence-corrected chi connectivity index (χ4v) is 2.49. The number of hydrogen-bond acceptors (Lipinski definition) is 4. The molecule has 5 heteroatoms. The Kier molecular flexibility index (Phi) is 4.08. The van der Waals surface area contributed by atoms with Crippen molar-refractivity contribution in [1.82, 2.24) is 0 Å². The number of amides is 1. The van der Waals surface area contributed by atoms with Crippen LogP contribution in [0.2, 0.25) is 0 Å². The third-order valence-corrected chi connectivity index (χ3v) is 3.83. The molecular formula is C19H18N2O3. The Labute approximate surface area is 139 Å². The standard InChI is InChI=1S/C19H18N2O3/c1-11(2)12-5-3-7-14(9-12)21-19(23)15-10-13-6-4-8-16(22)17(13)24-18(15)20/h3-11,20,22H,1-2H3,(H,21,23). The van der Waals surface area contributed by atoms with Crippen LogP contribution in [0, 0.1) is 5.41 Å². The maximum absolute atomic E-state index is 12.5. The summed E-state index contributed by atoms with van der Waals surface area (Å²) in [5, 5.41) is 21.0. The number of phenols is 1. The summed E-state index contributed by atoms with van der Waals surface area (Å²) in [6, 6.07) is 14.0. The average Bonchev–Trinajstić information content (AvgIpc) is 2.55. The molecule has 1 amide bonds. The Bertz CT molecular complexity index is 974. The van der Waals surface area contributed by atoms with E-state index in [2.05, 4.69) is 19.2 Å². The molecule has 0 atom stereocenters. The predicted octanol–water partition coefficient (Wildman–Crippen LogP) is 3.99. The highest BCUT2D eigenvalue weighted by molar-refractivity contribution is 6.05. The van der Waals surface area contributed by atoms with Gasteiger partial charge in [0, 0.05) is 11.1 Å². The zero-order valence-electron chi connectivity index (χ0n) is 13.5. The summed E-state index contributed by atoms with van der Waals surface area (Å²) in [7, 11) is 0.